The van der Waals surface area contributed by atoms with Crippen LogP contribution in [-0.2, 0) is 0 Å². The van der Waals surface area contributed by atoms with Crippen molar-refractivity contribution in [2.24, 2.45) is 5.84 Å². The molecule has 3 nitrogen and oxygen atoms in total. The standard InChI is InChI=1S/C16H14BrFN2O/c1-9-4-2-5-10-8-13(21-16(9)10)15(20-19)11-6-3-7-12(18)14(11)17/h2-8,15,20H,19H2,1H3. The van der Waals surface area contributed by atoms with Gasteiger partial charge in [0, 0.05) is 5.39 Å². The van der Waals surface area contributed by atoms with Crippen LogP contribution in [0.2, 0.25) is 0 Å². The molecule has 1 unspecified atom stereocenters. The minimum Gasteiger partial charge on any atom is -0.459 e. The average Bonchev–Trinajstić information content (AvgIpc) is 2.89. The maximum absolute atomic E-state index is 13.7. The molecule has 0 saturated carbocycles. The lowest BCUT2D eigenvalue weighted by atomic mass is 10.0. The van der Waals surface area contributed by atoms with Crippen molar-refractivity contribution in [1.82, 2.24) is 5.43 Å². The van der Waals surface area contributed by atoms with E-state index < -0.39 is 6.04 Å². The molecule has 1 atom stereocenters. The van der Waals surface area contributed by atoms with Crippen molar-refractivity contribution in [1.29, 1.82) is 0 Å². The summed E-state index contributed by atoms with van der Waals surface area (Å²) < 4.78 is 20.0. The van der Waals surface area contributed by atoms with Crippen LogP contribution in [0.1, 0.15) is 22.9 Å². The molecule has 1 heterocycles. The zero-order valence-electron chi connectivity index (χ0n) is 11.4. The number of rotatable bonds is 3. The van der Waals surface area contributed by atoms with Gasteiger partial charge in [-0.3, -0.25) is 5.84 Å². The SMILES string of the molecule is Cc1cccc2cc(C(NN)c3cccc(F)c3Br)oc12. The molecule has 0 bridgehead atoms. The first-order chi connectivity index (χ1) is 10.1. The molecule has 0 aliphatic carbocycles. The van der Waals surface area contributed by atoms with Crippen LogP contribution < -0.4 is 11.3 Å². The van der Waals surface area contributed by atoms with Gasteiger partial charge in [-0.05, 0) is 46.1 Å². The van der Waals surface area contributed by atoms with E-state index in [4.69, 9.17) is 10.3 Å². The zero-order valence-corrected chi connectivity index (χ0v) is 12.9. The van der Waals surface area contributed by atoms with Crippen LogP contribution in [0.4, 0.5) is 4.39 Å². The molecule has 21 heavy (non-hydrogen) atoms. The van der Waals surface area contributed by atoms with Crippen molar-refractivity contribution < 1.29 is 8.81 Å². The van der Waals surface area contributed by atoms with Gasteiger partial charge in [0.25, 0.3) is 0 Å². The lowest BCUT2D eigenvalue weighted by Crippen LogP contribution is -2.28. The van der Waals surface area contributed by atoms with Crippen molar-refractivity contribution >= 4 is 26.9 Å². The van der Waals surface area contributed by atoms with Gasteiger partial charge in [-0.15, -0.1) is 0 Å². The van der Waals surface area contributed by atoms with Crippen LogP contribution in [0, 0.1) is 12.7 Å². The molecule has 1 aromatic heterocycles. The highest BCUT2D eigenvalue weighted by molar-refractivity contribution is 9.10. The average molecular weight is 349 g/mol. The van der Waals surface area contributed by atoms with Crippen molar-refractivity contribution in [3.05, 3.63) is 69.6 Å². The van der Waals surface area contributed by atoms with Crippen molar-refractivity contribution in [2.45, 2.75) is 13.0 Å². The second kappa shape index (κ2) is 5.60. The Bertz CT molecular complexity index is 800. The quantitative estimate of drug-likeness (QED) is 0.551. The van der Waals surface area contributed by atoms with Gasteiger partial charge in [0.05, 0.1) is 4.47 Å². The third kappa shape index (κ3) is 2.48. The smallest absolute Gasteiger partial charge is 0.137 e. The summed E-state index contributed by atoms with van der Waals surface area (Å²) >= 11 is 3.26. The summed E-state index contributed by atoms with van der Waals surface area (Å²) in [6.07, 6.45) is 0. The Morgan fingerprint density at radius 2 is 2.00 bits per heavy atom. The molecule has 3 rings (SSSR count). The summed E-state index contributed by atoms with van der Waals surface area (Å²) in [4.78, 5) is 0. The Labute approximate surface area is 130 Å². The first-order valence-corrected chi connectivity index (χ1v) is 7.30. The lowest BCUT2D eigenvalue weighted by Gasteiger charge is -2.15. The van der Waals surface area contributed by atoms with E-state index >= 15 is 0 Å². The highest BCUT2D eigenvalue weighted by atomic mass is 79.9. The number of benzene rings is 2. The molecule has 2 aromatic carbocycles. The van der Waals surface area contributed by atoms with Crippen LogP contribution in [0.15, 0.2) is 51.4 Å². The number of fused-ring (bicyclic) bond motifs is 1. The van der Waals surface area contributed by atoms with Gasteiger partial charge in [0.2, 0.25) is 0 Å². The van der Waals surface area contributed by atoms with E-state index in [2.05, 4.69) is 21.4 Å². The number of nitrogens with one attached hydrogen (secondary N) is 1. The van der Waals surface area contributed by atoms with Crippen LogP contribution in [-0.4, -0.2) is 0 Å². The van der Waals surface area contributed by atoms with Gasteiger partial charge in [-0.25, -0.2) is 9.82 Å². The number of halogens is 2. The fourth-order valence-electron chi connectivity index (χ4n) is 2.44. The van der Waals surface area contributed by atoms with Gasteiger partial charge in [-0.1, -0.05) is 30.3 Å². The molecule has 108 valence electrons. The Kier molecular flexibility index (Phi) is 3.80. The maximum Gasteiger partial charge on any atom is 0.137 e. The zero-order chi connectivity index (χ0) is 15.0. The molecular formula is C16H14BrFN2O. The molecule has 0 aliphatic heterocycles. The highest BCUT2D eigenvalue weighted by Gasteiger charge is 2.21. The Morgan fingerprint density at radius 3 is 2.71 bits per heavy atom. The fraction of sp³-hybridized carbons (Fsp3) is 0.125. The number of aryl methyl sites for hydroxylation is 1. The summed E-state index contributed by atoms with van der Waals surface area (Å²) in [6, 6.07) is 12.3. The molecule has 3 N–H and O–H groups in total. The van der Waals surface area contributed by atoms with Crippen molar-refractivity contribution in [2.75, 3.05) is 0 Å². The number of para-hydroxylation sites is 1. The number of hydrogen-bond acceptors (Lipinski definition) is 3. The monoisotopic (exact) mass is 348 g/mol. The number of hydrogen-bond donors (Lipinski definition) is 2. The fourth-order valence-corrected chi connectivity index (χ4v) is 2.93. The molecule has 3 aromatic rings. The third-order valence-electron chi connectivity index (χ3n) is 3.50. The van der Waals surface area contributed by atoms with E-state index in [-0.39, 0.29) is 5.82 Å². The second-order valence-corrected chi connectivity index (χ2v) is 5.68. The van der Waals surface area contributed by atoms with E-state index in [0.717, 1.165) is 16.5 Å². The molecule has 0 aliphatic rings. The van der Waals surface area contributed by atoms with Gasteiger partial charge in [0.1, 0.15) is 23.2 Å². The Hall–Kier alpha value is -1.69. The Morgan fingerprint density at radius 1 is 1.24 bits per heavy atom. The normalized spacial score (nSPS) is 12.8. The number of furan rings is 1. The Balaban J connectivity index is 2.14. The summed E-state index contributed by atoms with van der Waals surface area (Å²) in [5.74, 6) is 5.98. The van der Waals surface area contributed by atoms with E-state index in [1.54, 1.807) is 12.1 Å². The van der Waals surface area contributed by atoms with Crippen molar-refractivity contribution in [3.8, 4) is 0 Å². The van der Waals surface area contributed by atoms with E-state index in [1.165, 1.54) is 6.07 Å². The largest absolute Gasteiger partial charge is 0.459 e. The minimum atomic E-state index is -0.429. The van der Waals surface area contributed by atoms with E-state index in [0.29, 0.717) is 15.8 Å². The lowest BCUT2D eigenvalue weighted by molar-refractivity contribution is 0.473. The van der Waals surface area contributed by atoms with Crippen LogP contribution >= 0.6 is 15.9 Å². The summed E-state index contributed by atoms with van der Waals surface area (Å²) in [6.45, 7) is 1.98. The predicted molar refractivity (Wildman–Crippen MR) is 84.2 cm³/mol. The van der Waals surface area contributed by atoms with Crippen molar-refractivity contribution in [3.63, 3.8) is 0 Å². The molecule has 0 saturated heterocycles. The molecule has 0 fully saturated rings. The highest BCUT2D eigenvalue weighted by Crippen LogP contribution is 2.33. The van der Waals surface area contributed by atoms with Gasteiger partial charge < -0.3 is 4.42 Å². The van der Waals surface area contributed by atoms with E-state index in [1.807, 2.05) is 31.2 Å². The van der Waals surface area contributed by atoms with Gasteiger partial charge in [-0.2, -0.15) is 0 Å². The van der Waals surface area contributed by atoms with Gasteiger partial charge >= 0.3 is 0 Å². The molecule has 0 spiro atoms. The molecule has 0 amide bonds. The summed E-state index contributed by atoms with van der Waals surface area (Å²) in [5.41, 5.74) is 5.25. The maximum atomic E-state index is 13.7. The summed E-state index contributed by atoms with van der Waals surface area (Å²) in [5, 5.41) is 0.998. The molecule has 5 heteroatoms. The minimum absolute atomic E-state index is 0.333. The molecule has 0 radical (unpaired) electrons. The molecular weight excluding hydrogens is 335 g/mol. The topological polar surface area (TPSA) is 51.2 Å². The van der Waals surface area contributed by atoms with E-state index in [9.17, 15) is 4.39 Å². The van der Waals surface area contributed by atoms with Gasteiger partial charge in [0.15, 0.2) is 0 Å². The second-order valence-electron chi connectivity index (χ2n) is 4.88. The first-order valence-electron chi connectivity index (χ1n) is 6.51. The summed E-state index contributed by atoms with van der Waals surface area (Å²) in [7, 11) is 0. The number of nitrogens with two attached hydrogens (primary N) is 1. The van der Waals surface area contributed by atoms with Crippen LogP contribution in [0.25, 0.3) is 11.0 Å². The van der Waals surface area contributed by atoms with Crippen LogP contribution in [0.3, 0.4) is 0 Å². The predicted octanol–water partition coefficient (Wildman–Crippen LogP) is 4.20. The first kappa shape index (κ1) is 14.3. The third-order valence-corrected chi connectivity index (χ3v) is 4.34. The number of hydrazine groups is 1. The van der Waals surface area contributed by atoms with Crippen LogP contribution in [0.5, 0.6) is 0 Å².